The molecule has 0 saturated carbocycles. The van der Waals surface area contributed by atoms with Crippen molar-refractivity contribution in [1.82, 2.24) is 10.2 Å². The number of likely N-dealkylation sites (tertiary alicyclic amines) is 1. The maximum Gasteiger partial charge on any atom is 0.317 e. The highest BCUT2D eigenvalue weighted by Gasteiger charge is 2.34. The smallest absolute Gasteiger partial charge is 0.317 e. The average molecular weight is 380 g/mol. The van der Waals surface area contributed by atoms with Gasteiger partial charge in [-0.3, -0.25) is 9.59 Å². The molecule has 2 aliphatic rings. The van der Waals surface area contributed by atoms with Crippen molar-refractivity contribution in [3.05, 3.63) is 29.3 Å². The van der Waals surface area contributed by atoms with Crippen molar-refractivity contribution >= 4 is 35.2 Å². The first-order chi connectivity index (χ1) is 12.5. The summed E-state index contributed by atoms with van der Waals surface area (Å²) in [5.41, 5.74) is 0.773. The number of hydrogen-bond donors (Lipinski definition) is 1. The van der Waals surface area contributed by atoms with Crippen LogP contribution in [0.3, 0.4) is 0 Å². The Labute approximate surface area is 157 Å². The van der Waals surface area contributed by atoms with Crippen molar-refractivity contribution in [2.45, 2.75) is 25.3 Å². The van der Waals surface area contributed by atoms with E-state index in [2.05, 4.69) is 5.32 Å². The topological polar surface area (TPSA) is 79.0 Å². The number of nitrogens with zero attached hydrogens (tertiary/aromatic N) is 2. The fourth-order valence-corrected chi connectivity index (χ4v) is 3.55. The number of amides is 3. The number of rotatable bonds is 3. The van der Waals surface area contributed by atoms with Gasteiger partial charge in [0.25, 0.3) is 0 Å². The summed E-state index contributed by atoms with van der Waals surface area (Å²) in [7, 11) is 1.38. The second kappa shape index (κ2) is 7.95. The Hall–Kier alpha value is -2.28. The monoisotopic (exact) mass is 379 g/mol. The lowest BCUT2D eigenvalue weighted by Gasteiger charge is -2.31. The van der Waals surface area contributed by atoms with Gasteiger partial charge >= 0.3 is 12.0 Å². The molecule has 0 unspecified atom stereocenters. The van der Waals surface area contributed by atoms with Crippen molar-refractivity contribution in [3.8, 4) is 0 Å². The van der Waals surface area contributed by atoms with Gasteiger partial charge in [-0.25, -0.2) is 4.79 Å². The number of anilines is 1. The lowest BCUT2D eigenvalue weighted by molar-refractivity contribution is -0.146. The van der Waals surface area contributed by atoms with Crippen molar-refractivity contribution in [3.63, 3.8) is 0 Å². The van der Waals surface area contributed by atoms with Crippen LogP contribution >= 0.6 is 11.6 Å². The predicted molar refractivity (Wildman–Crippen MR) is 97.1 cm³/mol. The summed E-state index contributed by atoms with van der Waals surface area (Å²) >= 11 is 5.88. The van der Waals surface area contributed by atoms with Crippen molar-refractivity contribution in [2.24, 2.45) is 5.92 Å². The van der Waals surface area contributed by atoms with E-state index in [0.29, 0.717) is 37.5 Å². The second-order valence-corrected chi connectivity index (χ2v) is 7.05. The molecule has 3 rings (SSSR count). The molecular weight excluding hydrogens is 358 g/mol. The molecule has 3 amide bonds. The van der Waals surface area contributed by atoms with Crippen LogP contribution < -0.4 is 10.2 Å². The third kappa shape index (κ3) is 4.09. The zero-order valence-electron chi connectivity index (χ0n) is 14.6. The molecule has 0 radical (unpaired) electrons. The minimum Gasteiger partial charge on any atom is -0.469 e. The normalized spacial score (nSPS) is 21.0. The molecule has 2 fully saturated rings. The van der Waals surface area contributed by atoms with Crippen LogP contribution in [0, 0.1) is 5.92 Å². The van der Waals surface area contributed by atoms with E-state index in [-0.39, 0.29) is 36.3 Å². The molecule has 2 aliphatic heterocycles. The van der Waals surface area contributed by atoms with Gasteiger partial charge in [0, 0.05) is 36.8 Å². The molecule has 2 heterocycles. The Bertz CT molecular complexity index is 686. The number of nitrogens with one attached hydrogen (secondary N) is 1. The number of carbonyl (C=O) groups excluding carboxylic acids is 3. The highest BCUT2D eigenvalue weighted by molar-refractivity contribution is 6.30. The largest absolute Gasteiger partial charge is 0.469 e. The number of carbonyl (C=O) groups is 3. The molecule has 1 N–H and O–H groups in total. The SMILES string of the molecule is COC(=O)C1CCN(C(=O)N[C@H]2CC(=O)N(c3ccc(Cl)cc3)C2)CC1. The van der Waals surface area contributed by atoms with Crippen LogP contribution in [-0.2, 0) is 14.3 Å². The summed E-state index contributed by atoms with van der Waals surface area (Å²) < 4.78 is 4.76. The zero-order chi connectivity index (χ0) is 18.7. The van der Waals surface area contributed by atoms with Crippen LogP contribution in [-0.4, -0.2) is 55.6 Å². The van der Waals surface area contributed by atoms with Crippen molar-refractivity contribution in [2.75, 3.05) is 31.6 Å². The zero-order valence-corrected chi connectivity index (χ0v) is 15.4. The van der Waals surface area contributed by atoms with Crippen LogP contribution in [0.5, 0.6) is 0 Å². The molecule has 0 spiro atoms. The Kier molecular flexibility index (Phi) is 5.66. The number of piperidine rings is 1. The molecule has 0 aliphatic carbocycles. The number of urea groups is 1. The standard InChI is InChI=1S/C18H22ClN3O4/c1-26-17(24)12-6-8-21(9-7-12)18(25)20-14-10-16(23)22(11-14)15-4-2-13(19)3-5-15/h2-5,12,14H,6-11H2,1H3,(H,20,25)/t14-/m0/s1. The van der Waals surface area contributed by atoms with E-state index in [1.165, 1.54) is 7.11 Å². The van der Waals surface area contributed by atoms with E-state index in [1.54, 1.807) is 34.1 Å². The number of esters is 1. The first kappa shape index (κ1) is 18.5. The number of ether oxygens (including phenoxy) is 1. The Morgan fingerprint density at radius 2 is 1.85 bits per heavy atom. The molecule has 26 heavy (non-hydrogen) atoms. The molecule has 7 nitrogen and oxygen atoms in total. The minimum absolute atomic E-state index is 0.0259. The molecule has 1 atom stereocenters. The quantitative estimate of drug-likeness (QED) is 0.815. The Morgan fingerprint density at radius 3 is 2.46 bits per heavy atom. The number of methoxy groups -OCH3 is 1. The maximum atomic E-state index is 12.4. The van der Waals surface area contributed by atoms with Crippen LogP contribution in [0.25, 0.3) is 0 Å². The fourth-order valence-electron chi connectivity index (χ4n) is 3.43. The minimum atomic E-state index is -0.232. The number of hydrogen-bond acceptors (Lipinski definition) is 4. The first-order valence-corrected chi connectivity index (χ1v) is 9.05. The lowest BCUT2D eigenvalue weighted by atomic mass is 9.97. The third-order valence-corrected chi connectivity index (χ3v) is 5.16. The second-order valence-electron chi connectivity index (χ2n) is 6.62. The van der Waals surface area contributed by atoms with Gasteiger partial charge in [-0.1, -0.05) is 11.6 Å². The van der Waals surface area contributed by atoms with Crippen LogP contribution in [0.2, 0.25) is 5.02 Å². The molecule has 0 bridgehead atoms. The van der Waals surface area contributed by atoms with E-state index in [0.717, 1.165) is 5.69 Å². The van der Waals surface area contributed by atoms with Crippen LogP contribution in [0.15, 0.2) is 24.3 Å². The summed E-state index contributed by atoms with van der Waals surface area (Å²) in [6.07, 6.45) is 1.47. The predicted octanol–water partition coefficient (Wildman–Crippen LogP) is 2.04. The molecule has 8 heteroatoms. The van der Waals surface area contributed by atoms with Gasteiger partial charge in [-0.2, -0.15) is 0 Å². The van der Waals surface area contributed by atoms with Crippen molar-refractivity contribution < 1.29 is 19.1 Å². The fraction of sp³-hybridized carbons (Fsp3) is 0.500. The van der Waals surface area contributed by atoms with Crippen LogP contribution in [0.1, 0.15) is 19.3 Å². The summed E-state index contributed by atoms with van der Waals surface area (Å²) in [6, 6.07) is 6.64. The lowest BCUT2D eigenvalue weighted by Crippen LogP contribution is -2.49. The molecule has 1 aromatic carbocycles. The van der Waals surface area contributed by atoms with Gasteiger partial charge in [0.05, 0.1) is 19.1 Å². The summed E-state index contributed by atoms with van der Waals surface area (Å²) in [6.45, 7) is 1.45. The van der Waals surface area contributed by atoms with Crippen LogP contribution in [0.4, 0.5) is 10.5 Å². The van der Waals surface area contributed by atoms with Gasteiger partial charge in [0.15, 0.2) is 0 Å². The highest BCUT2D eigenvalue weighted by Crippen LogP contribution is 2.24. The van der Waals surface area contributed by atoms with E-state index >= 15 is 0 Å². The van der Waals surface area contributed by atoms with E-state index in [1.807, 2.05) is 0 Å². The Morgan fingerprint density at radius 1 is 1.19 bits per heavy atom. The molecule has 1 aromatic rings. The van der Waals surface area contributed by atoms with E-state index in [9.17, 15) is 14.4 Å². The molecule has 2 saturated heterocycles. The maximum absolute atomic E-state index is 12.4. The third-order valence-electron chi connectivity index (χ3n) is 4.91. The Balaban J connectivity index is 1.52. The number of benzene rings is 1. The van der Waals surface area contributed by atoms with Gasteiger partial charge < -0.3 is 19.9 Å². The first-order valence-electron chi connectivity index (χ1n) is 8.67. The molecule has 140 valence electrons. The highest BCUT2D eigenvalue weighted by atomic mass is 35.5. The average Bonchev–Trinajstić information content (AvgIpc) is 3.02. The van der Waals surface area contributed by atoms with Crippen molar-refractivity contribution in [1.29, 1.82) is 0 Å². The summed E-state index contributed by atoms with van der Waals surface area (Å²) in [4.78, 5) is 39.6. The van der Waals surface area contributed by atoms with Gasteiger partial charge in [-0.15, -0.1) is 0 Å². The van der Waals surface area contributed by atoms with Gasteiger partial charge in [-0.05, 0) is 37.1 Å². The van der Waals surface area contributed by atoms with Gasteiger partial charge in [0.1, 0.15) is 0 Å². The van der Waals surface area contributed by atoms with E-state index in [4.69, 9.17) is 16.3 Å². The summed E-state index contributed by atoms with van der Waals surface area (Å²) in [5.74, 6) is -0.385. The van der Waals surface area contributed by atoms with Gasteiger partial charge in [0.2, 0.25) is 5.91 Å². The molecular formula is C18H22ClN3O4. The van der Waals surface area contributed by atoms with E-state index < -0.39 is 0 Å². The summed E-state index contributed by atoms with van der Waals surface area (Å²) in [5, 5.41) is 3.54. The molecule has 0 aromatic heterocycles. The number of halogens is 1.